The van der Waals surface area contributed by atoms with Crippen molar-refractivity contribution in [1.82, 2.24) is 10.1 Å². The molecule has 0 aliphatic rings. The highest BCUT2D eigenvalue weighted by Crippen LogP contribution is 2.43. The summed E-state index contributed by atoms with van der Waals surface area (Å²) in [4.78, 5) is -1.50. The molecule has 10 rings (SSSR count). The molecule has 0 aliphatic carbocycles. The number of aryl methyl sites for hydroxylation is 1. The Balaban J connectivity index is 0.000000460. The zero-order chi connectivity index (χ0) is 103. The fourth-order valence-corrected chi connectivity index (χ4v) is 24.1. The van der Waals surface area contributed by atoms with Gasteiger partial charge in [-0.15, -0.1) is 0 Å². The highest BCUT2D eigenvalue weighted by atomic mass is 32.2. The molecule has 10 aromatic rings. The number of benzene rings is 10. The van der Waals surface area contributed by atoms with Crippen molar-refractivity contribution in [3.8, 4) is 51.7 Å². The third-order valence-electron chi connectivity index (χ3n) is 25.3. The smallest absolute Gasteiger partial charge is 0.316 e. The Kier molecular flexibility index (Phi) is 52.1. The van der Waals surface area contributed by atoms with Crippen molar-refractivity contribution >= 4 is 48.2 Å². The monoisotopic (exact) mass is 2050 g/mol. The fourth-order valence-electron chi connectivity index (χ4n) is 16.2. The summed E-state index contributed by atoms with van der Waals surface area (Å²) in [6.07, 6.45) is 27.0. The van der Waals surface area contributed by atoms with E-state index in [1.165, 1.54) is 136 Å². The molecular formula is C118H172N2O17S4Si. The number of hydrogen-bond acceptors (Lipinski definition) is 19. The van der Waals surface area contributed by atoms with Gasteiger partial charge in [0.25, 0.3) is 0 Å². The minimum atomic E-state index is -4.76. The van der Waals surface area contributed by atoms with E-state index < -0.39 is 78.6 Å². The van der Waals surface area contributed by atoms with Gasteiger partial charge in [0, 0.05) is 42.4 Å². The number of ether oxygens (including phenoxy) is 6. The van der Waals surface area contributed by atoms with Crippen LogP contribution in [0.25, 0.3) is 0 Å². The molecule has 0 atom stereocenters. The van der Waals surface area contributed by atoms with Crippen LogP contribution in [0.3, 0.4) is 0 Å². The Morgan fingerprint density at radius 2 is 0.556 bits per heavy atom. The highest BCUT2D eigenvalue weighted by Gasteiger charge is 2.36. The molecule has 142 heavy (non-hydrogen) atoms. The standard InChI is InChI=1S/C60H76N2O12S3.C40H52O5SSi.2C8H18.2CH4/c1-11-15-39-61(40-16-12-2)73-76(65,66)57-43-53(35-37-55(57)71-51-31-23-47(24-32-51)59(5,6)45-19-27-49(69-9)28-20-45)75(63,64)54-36-38-56(58(44-54)77(67,68)74-62(41-17-13-3)42-18-14-4)72-52-33-25-48(26-34-52)60(7,8)46-21-29-50(70-10)30-22-46;1-9-10-30-47(7,8)45-39(3,4)28-11-29-43-34-18-14-32(15-19-34)40(5,6)33-16-20-35(21-17-33)44-36-22-26-38(27-23-36)46(41,42)37-24-12-31(2)13-25-37;2*1-3-5-7-8-6-4-2;;/h19-38,43-44H,11-18,39-42H2,1-10H3;12-27H,9-11,28-30H2,1-8H3;2*3-8H2,1-2H3;2*1H4. The van der Waals surface area contributed by atoms with Crippen LogP contribution in [0.1, 0.15) is 326 Å². The van der Waals surface area contributed by atoms with Crippen LogP contribution < -0.4 is 28.4 Å². The van der Waals surface area contributed by atoms with Gasteiger partial charge in [0.1, 0.15) is 61.5 Å². The van der Waals surface area contributed by atoms with E-state index in [0.29, 0.717) is 70.0 Å². The molecule has 0 aromatic heterocycles. The summed E-state index contributed by atoms with van der Waals surface area (Å²) in [6.45, 7) is 44.9. The van der Waals surface area contributed by atoms with E-state index in [0.717, 1.165) is 101 Å². The summed E-state index contributed by atoms with van der Waals surface area (Å²) in [7, 11) is -16.2. The summed E-state index contributed by atoms with van der Waals surface area (Å²) < 4.78 is 168. The average Bonchev–Trinajstić information content (AvgIpc) is 0.755. The second-order valence-electron chi connectivity index (χ2n) is 39.1. The van der Waals surface area contributed by atoms with Gasteiger partial charge in [-0.1, -0.05) is 325 Å². The molecule has 10 aromatic carbocycles. The molecule has 0 bridgehead atoms. The summed E-state index contributed by atoms with van der Waals surface area (Å²) in [6, 6.07) is 68.0. The van der Waals surface area contributed by atoms with Crippen LogP contribution in [-0.4, -0.2) is 105 Å². The first-order chi connectivity index (χ1) is 66.6. The lowest BCUT2D eigenvalue weighted by Crippen LogP contribution is -2.41. The van der Waals surface area contributed by atoms with Crippen molar-refractivity contribution in [2.75, 3.05) is 47.0 Å². The van der Waals surface area contributed by atoms with Gasteiger partial charge < -0.3 is 32.8 Å². The van der Waals surface area contributed by atoms with Gasteiger partial charge >= 0.3 is 20.2 Å². The number of unbranched alkanes of at least 4 members (excludes halogenated alkanes) is 15. The predicted octanol–water partition coefficient (Wildman–Crippen LogP) is 32.7. The number of hydroxylamine groups is 4. The first-order valence-electron chi connectivity index (χ1n) is 51.0. The molecule has 0 saturated carbocycles. The third-order valence-corrected chi connectivity index (χ3v) is 34.0. The van der Waals surface area contributed by atoms with E-state index in [2.05, 4.69) is 140 Å². The predicted molar refractivity (Wildman–Crippen MR) is 588 cm³/mol. The molecule has 0 radical (unpaired) electrons. The lowest BCUT2D eigenvalue weighted by atomic mass is 9.78. The molecule has 0 fully saturated rings. The maximum atomic E-state index is 14.9. The molecule has 0 N–H and O–H groups in total. The van der Waals surface area contributed by atoms with Gasteiger partial charge in [-0.25, -0.2) is 16.8 Å². The lowest BCUT2D eigenvalue weighted by Gasteiger charge is -2.35. The molecule has 0 unspecified atom stereocenters. The van der Waals surface area contributed by atoms with Crippen molar-refractivity contribution in [3.63, 3.8) is 0 Å². The van der Waals surface area contributed by atoms with E-state index >= 15 is 0 Å². The van der Waals surface area contributed by atoms with Crippen LogP contribution in [0.5, 0.6) is 51.7 Å². The van der Waals surface area contributed by atoms with Crippen LogP contribution in [0.2, 0.25) is 19.1 Å². The second-order valence-corrected chi connectivity index (χ2v) is 50.2. The zero-order valence-electron chi connectivity index (χ0n) is 88.1. The van der Waals surface area contributed by atoms with Gasteiger partial charge in [-0.2, -0.15) is 35.5 Å². The minimum absolute atomic E-state index is 0. The molecular weight excluding hydrogens is 1870 g/mol. The topological polar surface area (TPSA) is 226 Å². The SMILES string of the molecule is C.C.CCCCCCCC.CCCCCCCC.CCCCN(CCCC)OS(=O)(=O)c1cc(S(=O)(=O)c2ccc(Oc3ccc(C(C)(C)c4ccc(OC)cc4)cc3)c(S(=O)(=O)ON(CCCC)CCCC)c2)ccc1Oc1ccc(C(C)(C)c2ccc(OC)cc2)cc1.CCCC[Si](C)(C)OC(C)(C)CCCOc1ccc(C(C)(C)c2ccc(Oc3ccc(S(=O)(=O)c4ccc(C)cc4)cc3)cc2)cc1. The highest BCUT2D eigenvalue weighted by molar-refractivity contribution is 7.92. The largest absolute Gasteiger partial charge is 0.497 e. The van der Waals surface area contributed by atoms with E-state index in [-0.39, 0.29) is 58.7 Å². The van der Waals surface area contributed by atoms with Gasteiger partial charge in [-0.05, 0) is 257 Å². The zero-order valence-corrected chi connectivity index (χ0v) is 92.4. The van der Waals surface area contributed by atoms with Crippen LogP contribution in [0.4, 0.5) is 0 Å². The molecule has 0 aliphatic heterocycles. The van der Waals surface area contributed by atoms with E-state index in [9.17, 15) is 33.7 Å². The third kappa shape index (κ3) is 38.3. The first kappa shape index (κ1) is 123. The molecule has 0 heterocycles. The van der Waals surface area contributed by atoms with Crippen molar-refractivity contribution < 1.29 is 75.1 Å². The van der Waals surface area contributed by atoms with Crippen LogP contribution in [-0.2, 0) is 69.1 Å². The normalized spacial score (nSPS) is 12.1. The van der Waals surface area contributed by atoms with Crippen molar-refractivity contribution in [2.45, 2.75) is 364 Å². The summed E-state index contributed by atoms with van der Waals surface area (Å²) in [5, 5.41) is 2.75. The lowest BCUT2D eigenvalue weighted by molar-refractivity contribution is -0.0535. The number of sulfone groups is 2. The number of nitrogens with zero attached hydrogens (tertiary/aromatic N) is 2. The molecule has 0 amide bonds. The molecule has 0 spiro atoms. The second kappa shape index (κ2) is 60.1. The number of methoxy groups -OCH3 is 2. The van der Waals surface area contributed by atoms with Gasteiger partial charge in [0.15, 0.2) is 8.32 Å². The Bertz CT molecular complexity index is 5530. The maximum absolute atomic E-state index is 14.9. The Hall–Kier alpha value is -9.18. The summed E-state index contributed by atoms with van der Waals surface area (Å²) in [5.41, 5.74) is 6.16. The first-order valence-corrected chi connectivity index (χ1v) is 59.9. The number of hydrogen-bond donors (Lipinski definition) is 0. The average molecular weight is 2050 g/mol. The quantitative estimate of drug-likeness (QED) is 0.0196. The Labute approximate surface area is 859 Å². The van der Waals surface area contributed by atoms with Crippen molar-refractivity contribution in [1.29, 1.82) is 0 Å². The van der Waals surface area contributed by atoms with E-state index in [4.69, 9.17) is 41.4 Å². The van der Waals surface area contributed by atoms with Crippen LogP contribution >= 0.6 is 0 Å². The van der Waals surface area contributed by atoms with Crippen LogP contribution in [0, 0.1) is 6.92 Å². The summed E-state index contributed by atoms with van der Waals surface area (Å²) >= 11 is 0. The molecule has 24 heteroatoms. The van der Waals surface area contributed by atoms with Crippen LogP contribution in [0.15, 0.2) is 260 Å². The van der Waals surface area contributed by atoms with Gasteiger partial charge in [0.05, 0.1) is 46.0 Å². The van der Waals surface area contributed by atoms with Crippen molar-refractivity contribution in [3.05, 3.63) is 269 Å². The van der Waals surface area contributed by atoms with Gasteiger partial charge in [-0.3, -0.25) is 0 Å². The Morgan fingerprint density at radius 3 is 0.852 bits per heavy atom. The Morgan fingerprint density at radius 1 is 0.296 bits per heavy atom. The van der Waals surface area contributed by atoms with E-state index in [1.54, 1.807) is 87.0 Å². The minimum Gasteiger partial charge on any atom is -0.497 e. The van der Waals surface area contributed by atoms with Gasteiger partial charge in [0.2, 0.25) is 19.7 Å². The number of rotatable bonds is 56. The van der Waals surface area contributed by atoms with E-state index in [1.807, 2.05) is 120 Å². The molecule has 0 saturated heterocycles. The maximum Gasteiger partial charge on any atom is 0.316 e. The molecule has 784 valence electrons. The summed E-state index contributed by atoms with van der Waals surface area (Å²) in [5.74, 6) is 3.81. The van der Waals surface area contributed by atoms with Crippen molar-refractivity contribution in [2.24, 2.45) is 0 Å². The molecule has 19 nitrogen and oxygen atoms in total. The fraction of sp³-hybridized carbons (Fsp3) is 0.492.